The molecule has 2 aromatic carbocycles. The maximum absolute atomic E-state index is 13.0. The highest BCUT2D eigenvalue weighted by Gasteiger charge is 2.39. The predicted octanol–water partition coefficient (Wildman–Crippen LogP) is 2.19. The van der Waals surface area contributed by atoms with Crippen LogP contribution >= 0.6 is 0 Å². The first-order chi connectivity index (χ1) is 16.4. The molecule has 5 amide bonds. The van der Waals surface area contributed by atoms with Crippen molar-refractivity contribution in [1.82, 2.24) is 15.1 Å². The minimum Gasteiger partial charge on any atom is -0.368 e. The van der Waals surface area contributed by atoms with E-state index in [2.05, 4.69) is 27.7 Å². The fourth-order valence-electron chi connectivity index (χ4n) is 4.98. The number of fused-ring (bicyclic) bond motifs is 1. The molecule has 0 spiro atoms. The standard InChI is InChI=1S/C25H27N5O4/c1-16-14-28(19-5-3-2-4-6-19)11-12-29(16)25(34)26-18-7-8-20-17(13-18)15-30(24(20)33)21-9-10-22(31)27-23(21)32/h2-8,13,16,21H,9-12,14-15H2,1H3,(H,26,34)(H,27,31,32). The van der Waals surface area contributed by atoms with Crippen LogP contribution in [-0.2, 0) is 16.1 Å². The van der Waals surface area contributed by atoms with Crippen LogP contribution in [0.25, 0.3) is 0 Å². The summed E-state index contributed by atoms with van der Waals surface area (Å²) in [6, 6.07) is 14.6. The normalized spacial score (nSPS) is 22.5. The average Bonchev–Trinajstić information content (AvgIpc) is 3.15. The fraction of sp³-hybridized carbons (Fsp3) is 0.360. The number of anilines is 2. The third-order valence-corrected chi connectivity index (χ3v) is 6.78. The molecular formula is C25H27N5O4. The van der Waals surface area contributed by atoms with Gasteiger partial charge in [0.05, 0.1) is 0 Å². The number of hydrogen-bond acceptors (Lipinski definition) is 5. The summed E-state index contributed by atoms with van der Waals surface area (Å²) in [6.07, 6.45) is 0.536. The number of carbonyl (C=O) groups excluding carboxylic acids is 4. The number of nitrogens with zero attached hydrogens (tertiary/aromatic N) is 3. The van der Waals surface area contributed by atoms with Gasteiger partial charge in [-0.15, -0.1) is 0 Å². The molecule has 3 aliphatic heterocycles. The van der Waals surface area contributed by atoms with Gasteiger partial charge in [0.2, 0.25) is 11.8 Å². The summed E-state index contributed by atoms with van der Waals surface area (Å²) >= 11 is 0. The van der Waals surface area contributed by atoms with E-state index in [0.29, 0.717) is 24.2 Å². The van der Waals surface area contributed by atoms with E-state index < -0.39 is 11.9 Å². The van der Waals surface area contributed by atoms with Crippen molar-refractivity contribution in [2.45, 2.75) is 38.4 Å². The van der Waals surface area contributed by atoms with E-state index in [1.165, 1.54) is 4.90 Å². The van der Waals surface area contributed by atoms with Gasteiger partial charge in [-0.2, -0.15) is 0 Å². The van der Waals surface area contributed by atoms with Crippen molar-refractivity contribution in [3.05, 3.63) is 59.7 Å². The topological polar surface area (TPSA) is 102 Å². The maximum atomic E-state index is 13.0. The number of carbonyl (C=O) groups is 4. The van der Waals surface area contributed by atoms with Crippen LogP contribution in [0.3, 0.4) is 0 Å². The van der Waals surface area contributed by atoms with Crippen LogP contribution < -0.4 is 15.5 Å². The van der Waals surface area contributed by atoms with Crippen molar-refractivity contribution >= 4 is 35.1 Å². The maximum Gasteiger partial charge on any atom is 0.322 e. The number of hydrogen-bond donors (Lipinski definition) is 2. The number of nitrogens with one attached hydrogen (secondary N) is 2. The third kappa shape index (κ3) is 4.09. The molecule has 2 fully saturated rings. The Balaban J connectivity index is 1.23. The molecule has 2 saturated heterocycles. The smallest absolute Gasteiger partial charge is 0.322 e. The van der Waals surface area contributed by atoms with Crippen molar-refractivity contribution in [2.75, 3.05) is 29.9 Å². The molecule has 0 saturated carbocycles. The van der Waals surface area contributed by atoms with Gasteiger partial charge in [0.25, 0.3) is 5.91 Å². The lowest BCUT2D eigenvalue weighted by Gasteiger charge is -2.40. The molecule has 3 heterocycles. The monoisotopic (exact) mass is 461 g/mol. The number of piperidine rings is 1. The second-order valence-electron chi connectivity index (χ2n) is 9.03. The van der Waals surface area contributed by atoms with E-state index >= 15 is 0 Å². The van der Waals surface area contributed by atoms with Crippen LogP contribution in [0, 0.1) is 0 Å². The Morgan fingerprint density at radius 3 is 2.59 bits per heavy atom. The summed E-state index contributed by atoms with van der Waals surface area (Å²) in [5.74, 6) is -0.975. The highest BCUT2D eigenvalue weighted by molar-refractivity contribution is 6.05. The Morgan fingerprint density at radius 2 is 1.85 bits per heavy atom. The van der Waals surface area contributed by atoms with E-state index in [1.807, 2.05) is 30.0 Å². The lowest BCUT2D eigenvalue weighted by molar-refractivity contribution is -0.136. The largest absolute Gasteiger partial charge is 0.368 e. The SMILES string of the molecule is CC1CN(c2ccccc2)CCN1C(=O)Nc1ccc2c(c1)CN(C1CCC(=O)NC1=O)C2=O. The van der Waals surface area contributed by atoms with Crippen molar-refractivity contribution in [3.63, 3.8) is 0 Å². The summed E-state index contributed by atoms with van der Waals surface area (Å²) in [5.41, 5.74) is 3.04. The summed E-state index contributed by atoms with van der Waals surface area (Å²) in [5, 5.41) is 5.27. The zero-order chi connectivity index (χ0) is 23.8. The van der Waals surface area contributed by atoms with Gasteiger partial charge < -0.3 is 20.0 Å². The van der Waals surface area contributed by atoms with Crippen molar-refractivity contribution < 1.29 is 19.2 Å². The highest BCUT2D eigenvalue weighted by atomic mass is 16.2. The molecule has 2 aromatic rings. The zero-order valence-corrected chi connectivity index (χ0v) is 19.0. The molecule has 0 radical (unpaired) electrons. The van der Waals surface area contributed by atoms with Crippen LogP contribution in [0.1, 0.15) is 35.7 Å². The van der Waals surface area contributed by atoms with Crippen LogP contribution in [-0.4, -0.2) is 65.3 Å². The van der Waals surface area contributed by atoms with Crippen molar-refractivity contribution in [1.29, 1.82) is 0 Å². The summed E-state index contributed by atoms with van der Waals surface area (Å²) < 4.78 is 0. The van der Waals surface area contributed by atoms with Gasteiger partial charge in [0.1, 0.15) is 6.04 Å². The van der Waals surface area contributed by atoms with Gasteiger partial charge in [-0.3, -0.25) is 19.7 Å². The van der Waals surface area contributed by atoms with E-state index in [4.69, 9.17) is 0 Å². The minimum absolute atomic E-state index is 0.0352. The average molecular weight is 462 g/mol. The van der Waals surface area contributed by atoms with E-state index in [0.717, 1.165) is 24.3 Å². The number of piperazine rings is 1. The molecular weight excluding hydrogens is 434 g/mol. The number of rotatable bonds is 3. The molecule has 9 heteroatoms. The fourth-order valence-corrected chi connectivity index (χ4v) is 4.98. The first-order valence-electron chi connectivity index (χ1n) is 11.6. The quantitative estimate of drug-likeness (QED) is 0.683. The van der Waals surface area contributed by atoms with E-state index in [9.17, 15) is 19.2 Å². The molecule has 2 atom stereocenters. The number of urea groups is 1. The first kappa shape index (κ1) is 21.9. The second-order valence-corrected chi connectivity index (χ2v) is 9.03. The molecule has 176 valence electrons. The van der Waals surface area contributed by atoms with Crippen molar-refractivity contribution in [3.8, 4) is 0 Å². The van der Waals surface area contributed by atoms with Gasteiger partial charge in [-0.05, 0) is 49.2 Å². The molecule has 0 aromatic heterocycles. The van der Waals surface area contributed by atoms with Crippen LogP contribution in [0.4, 0.5) is 16.2 Å². The van der Waals surface area contributed by atoms with Gasteiger partial charge in [0, 0.05) is 55.6 Å². The van der Waals surface area contributed by atoms with Crippen LogP contribution in [0.2, 0.25) is 0 Å². The molecule has 0 aliphatic carbocycles. The zero-order valence-electron chi connectivity index (χ0n) is 19.0. The Kier molecular flexibility index (Phi) is 5.69. The molecule has 3 aliphatic rings. The van der Waals surface area contributed by atoms with E-state index in [-0.39, 0.29) is 36.9 Å². The first-order valence-corrected chi connectivity index (χ1v) is 11.6. The Labute approximate surface area is 197 Å². The van der Waals surface area contributed by atoms with Crippen LogP contribution in [0.15, 0.2) is 48.5 Å². The molecule has 2 N–H and O–H groups in total. The van der Waals surface area contributed by atoms with Crippen molar-refractivity contribution in [2.24, 2.45) is 0 Å². The van der Waals surface area contributed by atoms with Crippen LogP contribution in [0.5, 0.6) is 0 Å². The summed E-state index contributed by atoms with van der Waals surface area (Å²) in [6.45, 7) is 4.41. The Morgan fingerprint density at radius 1 is 1.06 bits per heavy atom. The van der Waals surface area contributed by atoms with Gasteiger partial charge in [-0.1, -0.05) is 18.2 Å². The molecule has 2 unspecified atom stereocenters. The third-order valence-electron chi connectivity index (χ3n) is 6.78. The van der Waals surface area contributed by atoms with E-state index in [1.54, 1.807) is 18.2 Å². The summed E-state index contributed by atoms with van der Waals surface area (Å²) in [7, 11) is 0. The molecule has 9 nitrogen and oxygen atoms in total. The second kappa shape index (κ2) is 8.81. The lowest BCUT2D eigenvalue weighted by atomic mass is 10.0. The number of para-hydroxylation sites is 1. The number of benzene rings is 2. The number of amides is 5. The molecule has 0 bridgehead atoms. The molecule has 5 rings (SSSR count). The Hall–Kier alpha value is -3.88. The van der Waals surface area contributed by atoms with Gasteiger partial charge >= 0.3 is 6.03 Å². The lowest BCUT2D eigenvalue weighted by Crippen LogP contribution is -2.55. The molecule has 34 heavy (non-hydrogen) atoms. The minimum atomic E-state index is -0.655. The summed E-state index contributed by atoms with van der Waals surface area (Å²) in [4.78, 5) is 55.1. The number of imide groups is 1. The van der Waals surface area contributed by atoms with Gasteiger partial charge in [0.15, 0.2) is 0 Å². The Bertz CT molecular complexity index is 1150. The van der Waals surface area contributed by atoms with Gasteiger partial charge in [-0.25, -0.2) is 4.79 Å². The highest BCUT2D eigenvalue weighted by Crippen LogP contribution is 2.30. The predicted molar refractivity (Wildman–Crippen MR) is 126 cm³/mol.